The predicted molar refractivity (Wildman–Crippen MR) is 273 cm³/mol. The quantitative estimate of drug-likeness (QED) is 0.164. The minimum atomic E-state index is -0.607. The van der Waals surface area contributed by atoms with Gasteiger partial charge in [-0.1, -0.05) is 182 Å². The zero-order chi connectivity index (χ0) is 43.5. The van der Waals surface area contributed by atoms with E-state index >= 15 is 0 Å². The molecular formula is C62H41BN2O. The molecule has 4 aliphatic rings. The van der Waals surface area contributed by atoms with E-state index in [-0.39, 0.29) is 6.71 Å². The lowest BCUT2D eigenvalue weighted by atomic mass is 9.33. The second-order valence-corrected chi connectivity index (χ2v) is 18.0. The van der Waals surface area contributed by atoms with Gasteiger partial charge in [0, 0.05) is 45.0 Å². The summed E-state index contributed by atoms with van der Waals surface area (Å²) in [6.45, 7) is 2.19. The normalized spacial score (nSPS) is 14.0. The Morgan fingerprint density at radius 1 is 0.348 bits per heavy atom. The van der Waals surface area contributed by atoms with Gasteiger partial charge in [-0.15, -0.1) is 0 Å². The Hall–Kier alpha value is -8.34. The summed E-state index contributed by atoms with van der Waals surface area (Å²) in [4.78, 5) is 5.14. The average Bonchev–Trinajstić information content (AvgIpc) is 3.65. The monoisotopic (exact) mass is 840 g/mol. The fraction of sp³-hybridized carbons (Fsp3) is 0.0323. The summed E-state index contributed by atoms with van der Waals surface area (Å²) in [6, 6.07) is 85.1. The molecule has 0 saturated carbocycles. The Kier molecular flexibility index (Phi) is 7.91. The van der Waals surface area contributed by atoms with E-state index in [2.05, 4.69) is 247 Å². The van der Waals surface area contributed by atoms with E-state index in [1.165, 1.54) is 100 Å². The van der Waals surface area contributed by atoms with Crippen molar-refractivity contribution >= 4 is 57.2 Å². The van der Waals surface area contributed by atoms with Crippen molar-refractivity contribution in [2.45, 2.75) is 12.3 Å². The summed E-state index contributed by atoms with van der Waals surface area (Å²) in [6.07, 6.45) is 0. The number of ether oxygens (including phenoxy) is 1. The van der Waals surface area contributed by atoms with Gasteiger partial charge in [0.15, 0.2) is 0 Å². The topological polar surface area (TPSA) is 15.7 Å². The minimum Gasteiger partial charge on any atom is -0.457 e. The zero-order valence-electron chi connectivity index (χ0n) is 36.3. The van der Waals surface area contributed by atoms with Gasteiger partial charge in [-0.2, -0.15) is 0 Å². The van der Waals surface area contributed by atoms with Crippen molar-refractivity contribution in [2.24, 2.45) is 0 Å². The van der Waals surface area contributed by atoms with Crippen LogP contribution in [0.4, 0.5) is 34.1 Å². The lowest BCUT2D eigenvalue weighted by Gasteiger charge is -2.45. The van der Waals surface area contributed by atoms with Crippen LogP contribution in [0.3, 0.4) is 0 Å². The van der Waals surface area contributed by atoms with Gasteiger partial charge in [0.1, 0.15) is 11.5 Å². The molecule has 4 heteroatoms. The number of fused-ring (bicyclic) bond motifs is 13. The van der Waals surface area contributed by atoms with Gasteiger partial charge in [0.2, 0.25) is 0 Å². The highest BCUT2D eigenvalue weighted by Gasteiger charge is 2.53. The predicted octanol–water partition coefficient (Wildman–Crippen LogP) is 13.9. The first-order valence-electron chi connectivity index (χ1n) is 23.0. The molecule has 3 nitrogen and oxygen atoms in total. The van der Waals surface area contributed by atoms with Crippen molar-refractivity contribution < 1.29 is 4.74 Å². The third-order valence-electron chi connectivity index (χ3n) is 14.5. The van der Waals surface area contributed by atoms with E-state index in [4.69, 9.17) is 4.74 Å². The summed E-state index contributed by atoms with van der Waals surface area (Å²) in [7, 11) is 0. The van der Waals surface area contributed by atoms with Gasteiger partial charge in [0.05, 0.1) is 16.8 Å². The van der Waals surface area contributed by atoms with Crippen LogP contribution in [-0.2, 0) is 5.41 Å². The Morgan fingerprint density at radius 3 is 1.42 bits per heavy atom. The highest BCUT2D eigenvalue weighted by atomic mass is 16.5. The van der Waals surface area contributed by atoms with E-state index in [9.17, 15) is 0 Å². The van der Waals surface area contributed by atoms with Crippen LogP contribution in [0.5, 0.6) is 11.5 Å². The fourth-order valence-electron chi connectivity index (χ4n) is 12.0. The van der Waals surface area contributed by atoms with Crippen molar-refractivity contribution in [1.29, 1.82) is 0 Å². The van der Waals surface area contributed by atoms with Crippen LogP contribution in [0.15, 0.2) is 231 Å². The summed E-state index contributed by atoms with van der Waals surface area (Å²) >= 11 is 0. The smallest absolute Gasteiger partial charge is 0.252 e. The van der Waals surface area contributed by atoms with Crippen molar-refractivity contribution in [3.05, 3.63) is 258 Å². The molecule has 14 rings (SSSR count). The van der Waals surface area contributed by atoms with Gasteiger partial charge in [0.25, 0.3) is 6.71 Å². The van der Waals surface area contributed by atoms with Crippen LogP contribution in [0, 0.1) is 6.92 Å². The number of benzene rings is 10. The molecule has 0 saturated heterocycles. The van der Waals surface area contributed by atoms with Crippen LogP contribution in [-0.4, -0.2) is 6.71 Å². The number of hydrogen-bond donors (Lipinski definition) is 0. The largest absolute Gasteiger partial charge is 0.457 e. The third kappa shape index (κ3) is 5.04. The van der Waals surface area contributed by atoms with Gasteiger partial charge < -0.3 is 14.5 Å². The lowest BCUT2D eigenvalue weighted by Crippen LogP contribution is -2.61. The molecule has 0 radical (unpaired) electrons. The molecule has 0 bridgehead atoms. The summed E-state index contributed by atoms with van der Waals surface area (Å²) in [5.41, 5.74) is 23.7. The maximum absolute atomic E-state index is 6.79. The number of aryl methyl sites for hydroxylation is 1. The molecule has 66 heavy (non-hydrogen) atoms. The van der Waals surface area contributed by atoms with Crippen LogP contribution < -0.4 is 30.9 Å². The molecule has 0 aromatic heterocycles. The van der Waals surface area contributed by atoms with Crippen LogP contribution in [0.2, 0.25) is 0 Å². The van der Waals surface area contributed by atoms with Crippen LogP contribution >= 0.6 is 0 Å². The molecule has 0 unspecified atom stereocenters. The van der Waals surface area contributed by atoms with Gasteiger partial charge >= 0.3 is 0 Å². The zero-order valence-corrected chi connectivity index (χ0v) is 36.3. The minimum absolute atomic E-state index is 0.0709. The Morgan fingerprint density at radius 2 is 0.818 bits per heavy atom. The number of hydrogen-bond acceptors (Lipinski definition) is 3. The molecule has 1 aliphatic carbocycles. The highest BCUT2D eigenvalue weighted by molar-refractivity contribution is 7.00. The fourth-order valence-corrected chi connectivity index (χ4v) is 12.0. The first-order chi connectivity index (χ1) is 32.7. The first kappa shape index (κ1) is 37.1. The van der Waals surface area contributed by atoms with Gasteiger partial charge in [-0.05, 0) is 111 Å². The van der Waals surface area contributed by atoms with E-state index in [0.29, 0.717) is 0 Å². The van der Waals surface area contributed by atoms with Gasteiger partial charge in [-0.3, -0.25) is 0 Å². The van der Waals surface area contributed by atoms with Crippen LogP contribution in [0.1, 0.15) is 27.8 Å². The molecule has 3 heterocycles. The molecule has 0 atom stereocenters. The van der Waals surface area contributed by atoms with E-state index in [1.54, 1.807) is 0 Å². The summed E-state index contributed by atoms with van der Waals surface area (Å²) < 4.78 is 6.79. The molecule has 0 N–H and O–H groups in total. The highest BCUT2D eigenvalue weighted by Crippen LogP contribution is 2.63. The Bertz CT molecular complexity index is 3570. The molecular weight excluding hydrogens is 800 g/mol. The standard InChI is InChI=1S/C62H41BN2O/c1-40-36-57-61-58(37-40)65(54-32-16-10-25-44(54)42-22-6-3-7-23-42)56-38-46-45-26-8-11-27-47(45)62(48-28-12-18-34-59(48)66-60-35-19-13-29-49(60)62)50(46)39-52(56)63(61)51-30-14-17-33-55(51)64(57)53-31-15-9-24-43(53)41-20-4-2-5-21-41/h2-39H,1H3. The average molecular weight is 841 g/mol. The molecule has 308 valence electrons. The Labute approximate surface area is 385 Å². The van der Waals surface area contributed by atoms with E-state index in [1.807, 2.05) is 0 Å². The van der Waals surface area contributed by atoms with Crippen molar-refractivity contribution in [2.75, 3.05) is 9.80 Å². The molecule has 10 aromatic rings. The summed E-state index contributed by atoms with van der Waals surface area (Å²) in [5.74, 6) is 1.79. The number of rotatable bonds is 4. The summed E-state index contributed by atoms with van der Waals surface area (Å²) in [5, 5.41) is 0. The second-order valence-electron chi connectivity index (χ2n) is 18.0. The maximum atomic E-state index is 6.79. The van der Waals surface area contributed by atoms with Crippen LogP contribution in [0.25, 0.3) is 33.4 Å². The van der Waals surface area contributed by atoms with E-state index < -0.39 is 5.41 Å². The second kappa shape index (κ2) is 14.1. The molecule has 0 amide bonds. The number of nitrogens with zero attached hydrogens (tertiary/aromatic N) is 2. The molecule has 10 aromatic carbocycles. The molecule has 3 aliphatic heterocycles. The maximum Gasteiger partial charge on any atom is 0.252 e. The Balaban J connectivity index is 1.12. The number of anilines is 6. The first-order valence-corrected chi connectivity index (χ1v) is 23.0. The molecule has 0 fully saturated rings. The lowest BCUT2D eigenvalue weighted by molar-refractivity contribution is 0.436. The number of para-hydroxylation sites is 5. The van der Waals surface area contributed by atoms with Crippen molar-refractivity contribution in [3.8, 4) is 44.9 Å². The van der Waals surface area contributed by atoms with Crippen molar-refractivity contribution in [1.82, 2.24) is 0 Å². The third-order valence-corrected chi connectivity index (χ3v) is 14.5. The molecule has 1 spiro atoms. The van der Waals surface area contributed by atoms with E-state index in [0.717, 1.165) is 22.9 Å². The van der Waals surface area contributed by atoms with Gasteiger partial charge in [-0.25, -0.2) is 0 Å². The SMILES string of the molecule is Cc1cc2c3c(c1)N(c1ccccc1-c1ccccc1)c1cc4c(cc1B3c1ccccc1N2c1ccccc1-c1ccccc1)C1(c2ccccc2Oc2ccccc21)c1ccccc1-4. The van der Waals surface area contributed by atoms with Crippen molar-refractivity contribution in [3.63, 3.8) is 0 Å².